The molecule has 13 nitrogen and oxygen atoms in total. The molecule has 1 fully saturated rings. The highest BCUT2D eigenvalue weighted by Gasteiger charge is 2.51. The summed E-state index contributed by atoms with van der Waals surface area (Å²) in [5, 5.41) is 50.2. The summed E-state index contributed by atoms with van der Waals surface area (Å²) in [6, 6.07) is 0. The minimum atomic E-state index is -5.13. The summed E-state index contributed by atoms with van der Waals surface area (Å²) >= 11 is 0. The van der Waals surface area contributed by atoms with Crippen molar-refractivity contribution >= 4 is 19.8 Å². The highest BCUT2D eigenvalue weighted by atomic mass is 31.2. The van der Waals surface area contributed by atoms with Gasteiger partial charge in [0.1, 0.15) is 43.2 Å². The fraction of sp³-hybridized carbons (Fsp3) is 0.750. The average molecular weight is 899 g/mol. The maximum atomic E-state index is 12.8. The van der Waals surface area contributed by atoms with Crippen LogP contribution in [-0.4, -0.2) is 98.3 Å². The molecular formula is C48H83O13P. The average Bonchev–Trinajstić information content (AvgIpc) is 3.25. The predicted octanol–water partition coefficient (Wildman–Crippen LogP) is 9.33. The van der Waals surface area contributed by atoms with Gasteiger partial charge >= 0.3 is 19.8 Å². The SMILES string of the molecule is CC/C=C\C/C=C\C/C=C\C/C=C\CCCCCCC(=O)OC(COC(=O)CCCCCCC/C=C\CCCCCCCCC)COP(=O)(O)OC1C(O)C(O)C(O)C(O)C1O. The van der Waals surface area contributed by atoms with Gasteiger partial charge in [0.05, 0.1) is 6.61 Å². The van der Waals surface area contributed by atoms with Gasteiger partial charge in [0.25, 0.3) is 0 Å². The van der Waals surface area contributed by atoms with Gasteiger partial charge < -0.3 is 39.9 Å². The van der Waals surface area contributed by atoms with Gasteiger partial charge in [-0.3, -0.25) is 18.6 Å². The Bertz CT molecular complexity index is 1320. The zero-order chi connectivity index (χ0) is 45.7. The van der Waals surface area contributed by atoms with E-state index in [9.17, 15) is 44.6 Å². The molecule has 0 aromatic heterocycles. The molecule has 0 spiro atoms. The second-order valence-corrected chi connectivity index (χ2v) is 17.6. The Hall–Kier alpha value is -2.45. The van der Waals surface area contributed by atoms with Crippen molar-refractivity contribution in [2.75, 3.05) is 13.2 Å². The molecule has 0 amide bonds. The molecule has 0 aromatic carbocycles. The number of unbranched alkanes of at least 4 members (excludes halogenated alkanes) is 16. The van der Waals surface area contributed by atoms with Crippen molar-refractivity contribution in [2.45, 2.75) is 217 Å². The van der Waals surface area contributed by atoms with Crippen LogP contribution in [0.1, 0.15) is 174 Å². The van der Waals surface area contributed by atoms with Crippen molar-refractivity contribution in [3.8, 4) is 0 Å². The topological polar surface area (TPSA) is 210 Å². The first-order valence-electron chi connectivity index (χ1n) is 23.6. The molecule has 6 atom stereocenters. The second kappa shape index (κ2) is 37.9. The van der Waals surface area contributed by atoms with E-state index in [2.05, 4.69) is 74.6 Å². The molecule has 6 N–H and O–H groups in total. The largest absolute Gasteiger partial charge is 0.472 e. The highest BCUT2D eigenvalue weighted by Crippen LogP contribution is 2.47. The van der Waals surface area contributed by atoms with E-state index in [0.29, 0.717) is 12.8 Å². The maximum absolute atomic E-state index is 12.8. The Morgan fingerprint density at radius 2 is 0.919 bits per heavy atom. The number of carbonyl (C=O) groups is 2. The van der Waals surface area contributed by atoms with Gasteiger partial charge in [-0.15, -0.1) is 0 Å². The van der Waals surface area contributed by atoms with Crippen LogP contribution < -0.4 is 0 Å². The zero-order valence-electron chi connectivity index (χ0n) is 37.9. The fourth-order valence-corrected chi connectivity index (χ4v) is 7.77. The Morgan fingerprint density at radius 1 is 0.516 bits per heavy atom. The van der Waals surface area contributed by atoms with Crippen LogP contribution >= 0.6 is 7.82 Å². The number of aliphatic hydroxyl groups excluding tert-OH is 5. The lowest BCUT2D eigenvalue weighted by Gasteiger charge is -2.41. The Labute approximate surface area is 373 Å². The number of aliphatic hydroxyl groups is 5. The number of hydrogen-bond acceptors (Lipinski definition) is 12. The predicted molar refractivity (Wildman–Crippen MR) is 244 cm³/mol. The fourth-order valence-electron chi connectivity index (χ4n) is 6.80. The molecule has 0 heterocycles. The smallest absolute Gasteiger partial charge is 0.462 e. The molecule has 0 aromatic rings. The summed E-state index contributed by atoms with van der Waals surface area (Å²) in [5.74, 6) is -1.14. The summed E-state index contributed by atoms with van der Waals surface area (Å²) in [7, 11) is -5.13. The second-order valence-electron chi connectivity index (χ2n) is 16.2. The third kappa shape index (κ3) is 29.8. The molecule has 1 aliphatic carbocycles. The van der Waals surface area contributed by atoms with E-state index < -0.39 is 75.7 Å². The van der Waals surface area contributed by atoms with Gasteiger partial charge in [0.2, 0.25) is 0 Å². The minimum Gasteiger partial charge on any atom is -0.462 e. The van der Waals surface area contributed by atoms with Crippen molar-refractivity contribution in [1.29, 1.82) is 0 Å². The first-order chi connectivity index (χ1) is 29.9. The van der Waals surface area contributed by atoms with E-state index in [1.54, 1.807) is 0 Å². The van der Waals surface area contributed by atoms with Gasteiger partial charge in [-0.2, -0.15) is 0 Å². The van der Waals surface area contributed by atoms with Crippen LogP contribution in [0.25, 0.3) is 0 Å². The van der Waals surface area contributed by atoms with E-state index >= 15 is 0 Å². The standard InChI is InChI=1S/C48H83O13P/c1-3-5-7-9-11-13-15-17-19-21-23-25-27-29-31-33-35-37-42(50)60-40(39-59-62(56,57)61-48-46(54)44(52)43(51)45(53)47(48)55)38-58-41(49)36-34-32-30-28-26-24-22-20-18-16-14-12-10-8-6-4-2/h5,7,11,13,17,19-20,22-23,25,40,43-48,51-55H,3-4,6,8-10,12,14-16,18,21,24,26-39H2,1-2H3,(H,56,57)/b7-5-,13-11-,19-17-,22-20-,25-23-. The van der Waals surface area contributed by atoms with Crippen LogP contribution in [0.15, 0.2) is 60.8 Å². The molecule has 0 radical (unpaired) electrons. The van der Waals surface area contributed by atoms with Gasteiger partial charge in [0.15, 0.2) is 6.10 Å². The summed E-state index contributed by atoms with van der Waals surface area (Å²) in [6.07, 6.45) is 32.7. The van der Waals surface area contributed by atoms with E-state index in [4.69, 9.17) is 18.5 Å². The lowest BCUT2D eigenvalue weighted by Crippen LogP contribution is -2.64. The van der Waals surface area contributed by atoms with Crippen molar-refractivity contribution in [3.05, 3.63) is 60.8 Å². The molecule has 62 heavy (non-hydrogen) atoms. The van der Waals surface area contributed by atoms with E-state index in [-0.39, 0.29) is 12.8 Å². The van der Waals surface area contributed by atoms with Crippen LogP contribution in [0.3, 0.4) is 0 Å². The number of allylic oxidation sites excluding steroid dienone is 10. The Balaban J connectivity index is 2.48. The summed E-state index contributed by atoms with van der Waals surface area (Å²) in [6.45, 7) is 3.15. The number of ether oxygens (including phenoxy) is 2. The number of phosphoric ester groups is 1. The van der Waals surface area contributed by atoms with E-state index in [1.165, 1.54) is 44.9 Å². The molecule has 14 heteroatoms. The third-order valence-electron chi connectivity index (χ3n) is 10.6. The Kier molecular flexibility index (Phi) is 35.2. The van der Waals surface area contributed by atoms with Gasteiger partial charge in [-0.25, -0.2) is 4.57 Å². The lowest BCUT2D eigenvalue weighted by molar-refractivity contribution is -0.220. The molecular weight excluding hydrogens is 815 g/mol. The molecule has 6 unspecified atom stereocenters. The number of rotatable bonds is 38. The quantitative estimate of drug-likeness (QED) is 0.0148. The zero-order valence-corrected chi connectivity index (χ0v) is 38.8. The van der Waals surface area contributed by atoms with Crippen LogP contribution in [0.5, 0.6) is 0 Å². The molecule has 358 valence electrons. The normalized spacial score (nSPS) is 22.4. The van der Waals surface area contributed by atoms with Crippen molar-refractivity contribution in [2.24, 2.45) is 0 Å². The van der Waals surface area contributed by atoms with Crippen molar-refractivity contribution < 1.29 is 63.1 Å². The lowest BCUT2D eigenvalue weighted by atomic mass is 9.85. The molecule has 0 saturated heterocycles. The summed E-state index contributed by atoms with van der Waals surface area (Å²) < 4.78 is 33.5. The highest BCUT2D eigenvalue weighted by molar-refractivity contribution is 7.47. The first-order valence-corrected chi connectivity index (χ1v) is 25.1. The van der Waals surface area contributed by atoms with Crippen molar-refractivity contribution in [1.82, 2.24) is 0 Å². The van der Waals surface area contributed by atoms with Crippen LogP contribution in [0.4, 0.5) is 0 Å². The monoisotopic (exact) mass is 899 g/mol. The van der Waals surface area contributed by atoms with Crippen LogP contribution in [0, 0.1) is 0 Å². The molecule has 1 aliphatic rings. The Morgan fingerprint density at radius 3 is 1.42 bits per heavy atom. The maximum Gasteiger partial charge on any atom is 0.472 e. The molecule has 0 aliphatic heterocycles. The number of esters is 2. The van der Waals surface area contributed by atoms with Gasteiger partial charge in [-0.05, 0) is 77.0 Å². The minimum absolute atomic E-state index is 0.0647. The number of phosphoric acid groups is 1. The molecule has 0 bridgehead atoms. The van der Waals surface area contributed by atoms with Gasteiger partial charge in [-0.1, -0.05) is 145 Å². The first kappa shape index (κ1) is 57.6. The van der Waals surface area contributed by atoms with E-state index in [1.807, 2.05) is 0 Å². The summed E-state index contributed by atoms with van der Waals surface area (Å²) in [5.41, 5.74) is 0. The third-order valence-corrected chi connectivity index (χ3v) is 11.6. The van der Waals surface area contributed by atoms with Crippen LogP contribution in [0.2, 0.25) is 0 Å². The summed E-state index contributed by atoms with van der Waals surface area (Å²) in [4.78, 5) is 35.7. The molecule has 1 rings (SSSR count). The number of hydrogen-bond donors (Lipinski definition) is 6. The van der Waals surface area contributed by atoms with Crippen LogP contribution in [-0.2, 0) is 32.7 Å². The molecule has 1 saturated carbocycles. The van der Waals surface area contributed by atoms with Crippen molar-refractivity contribution in [3.63, 3.8) is 0 Å². The number of carbonyl (C=O) groups excluding carboxylic acids is 2. The van der Waals surface area contributed by atoms with Gasteiger partial charge in [0, 0.05) is 12.8 Å². The van der Waals surface area contributed by atoms with E-state index in [0.717, 1.165) is 89.9 Å².